The first-order chi connectivity index (χ1) is 8.00. The van der Waals surface area contributed by atoms with Gasteiger partial charge in [-0.3, -0.25) is 9.59 Å². The molecule has 1 atom stereocenters. The number of rotatable bonds is 2. The third kappa shape index (κ3) is 1.93. The number of para-hydroxylation sites is 1. The fourth-order valence-electron chi connectivity index (χ4n) is 1.86. The van der Waals surface area contributed by atoms with Crippen molar-refractivity contribution in [2.45, 2.75) is 6.42 Å². The van der Waals surface area contributed by atoms with Gasteiger partial charge in [-0.2, -0.15) is 0 Å². The van der Waals surface area contributed by atoms with Crippen LogP contribution < -0.4 is 4.90 Å². The number of hydrogen-bond donors (Lipinski definition) is 2. The molecule has 1 saturated heterocycles. The Hall–Kier alpha value is -2.11. The van der Waals surface area contributed by atoms with Gasteiger partial charge >= 0.3 is 5.97 Å². The van der Waals surface area contributed by atoms with Crippen molar-refractivity contribution in [3.63, 3.8) is 0 Å². The van der Waals surface area contributed by atoms with Crippen molar-refractivity contribution in [3.8, 4) is 5.75 Å². The summed E-state index contributed by atoms with van der Waals surface area (Å²) in [6.07, 6.45) is -0.177. The molecule has 1 heterocycles. The van der Waals surface area contributed by atoms with Crippen LogP contribution in [0.2, 0.25) is 0 Å². The molecule has 17 heavy (non-hydrogen) atoms. The van der Waals surface area contributed by atoms with Crippen molar-refractivity contribution in [1.29, 1.82) is 0 Å². The van der Waals surface area contributed by atoms with Crippen molar-refractivity contribution in [2.24, 2.45) is 5.92 Å². The van der Waals surface area contributed by atoms with Crippen LogP contribution in [0, 0.1) is 11.7 Å². The SMILES string of the molecule is O=C(O)C1CC(=O)N(c2c(O)cccc2F)C1. The fraction of sp³-hybridized carbons (Fsp3) is 0.273. The lowest BCUT2D eigenvalue weighted by Gasteiger charge is -2.17. The molecule has 0 aliphatic carbocycles. The highest BCUT2D eigenvalue weighted by Gasteiger charge is 2.37. The zero-order valence-electron chi connectivity index (χ0n) is 8.76. The number of aliphatic carboxylic acids is 1. The van der Waals surface area contributed by atoms with E-state index in [2.05, 4.69) is 0 Å². The van der Waals surface area contributed by atoms with Gasteiger partial charge in [0.1, 0.15) is 11.4 Å². The van der Waals surface area contributed by atoms with Crippen LogP contribution in [0.25, 0.3) is 0 Å². The molecule has 90 valence electrons. The number of carbonyl (C=O) groups is 2. The van der Waals surface area contributed by atoms with Gasteiger partial charge in [0, 0.05) is 13.0 Å². The summed E-state index contributed by atoms with van der Waals surface area (Å²) in [6.45, 7) is -0.122. The second-order valence-electron chi connectivity index (χ2n) is 3.85. The molecule has 1 fully saturated rings. The molecule has 1 unspecified atom stereocenters. The summed E-state index contributed by atoms with van der Waals surface area (Å²) >= 11 is 0. The normalized spacial score (nSPS) is 19.7. The Bertz CT molecular complexity index is 468. The quantitative estimate of drug-likeness (QED) is 0.806. The molecule has 2 N–H and O–H groups in total. The van der Waals surface area contributed by atoms with Gasteiger partial charge in [0.05, 0.1) is 5.92 Å². The molecule has 0 radical (unpaired) electrons. The Morgan fingerprint density at radius 3 is 2.71 bits per heavy atom. The van der Waals surface area contributed by atoms with Gasteiger partial charge in [-0.1, -0.05) is 6.07 Å². The molecule has 1 aromatic carbocycles. The van der Waals surface area contributed by atoms with Crippen molar-refractivity contribution in [1.82, 2.24) is 0 Å². The second-order valence-corrected chi connectivity index (χ2v) is 3.85. The van der Waals surface area contributed by atoms with E-state index < -0.39 is 23.6 Å². The summed E-state index contributed by atoms with van der Waals surface area (Å²) in [5, 5.41) is 18.3. The number of carboxylic acid groups (broad SMARTS) is 1. The largest absolute Gasteiger partial charge is 0.506 e. The molecule has 1 aromatic rings. The van der Waals surface area contributed by atoms with Gasteiger partial charge in [-0.05, 0) is 12.1 Å². The smallest absolute Gasteiger partial charge is 0.308 e. The summed E-state index contributed by atoms with van der Waals surface area (Å²) in [7, 11) is 0. The number of benzene rings is 1. The van der Waals surface area contributed by atoms with Gasteiger partial charge in [-0.25, -0.2) is 4.39 Å². The van der Waals surface area contributed by atoms with Crippen LogP contribution in [0.15, 0.2) is 18.2 Å². The first-order valence-electron chi connectivity index (χ1n) is 5.01. The molecule has 6 heteroatoms. The van der Waals surface area contributed by atoms with Gasteiger partial charge < -0.3 is 15.1 Å². The summed E-state index contributed by atoms with van der Waals surface area (Å²) in [5.74, 6) is -3.58. The molecular formula is C11H10FNO4. The molecule has 0 spiro atoms. The zero-order valence-corrected chi connectivity index (χ0v) is 8.76. The predicted molar refractivity (Wildman–Crippen MR) is 56.2 cm³/mol. The highest BCUT2D eigenvalue weighted by Crippen LogP contribution is 2.34. The Kier molecular flexibility index (Phi) is 2.71. The molecule has 1 aliphatic heterocycles. The number of nitrogens with zero attached hydrogens (tertiary/aromatic N) is 1. The van der Waals surface area contributed by atoms with Gasteiger partial charge in [-0.15, -0.1) is 0 Å². The molecule has 1 aliphatic rings. The first-order valence-corrected chi connectivity index (χ1v) is 5.01. The number of hydrogen-bond acceptors (Lipinski definition) is 3. The van der Waals surface area contributed by atoms with E-state index in [1.54, 1.807) is 0 Å². The lowest BCUT2D eigenvalue weighted by Crippen LogP contribution is -2.26. The van der Waals surface area contributed by atoms with Crippen LogP contribution in [0.4, 0.5) is 10.1 Å². The maximum absolute atomic E-state index is 13.5. The van der Waals surface area contributed by atoms with E-state index in [4.69, 9.17) is 5.11 Å². The molecule has 0 bridgehead atoms. The molecular weight excluding hydrogens is 229 g/mol. The summed E-state index contributed by atoms with van der Waals surface area (Å²) < 4.78 is 13.5. The number of phenolic OH excluding ortho intramolecular Hbond substituents is 1. The standard InChI is InChI=1S/C11H10FNO4/c12-7-2-1-3-8(14)10(7)13-5-6(11(16)17)4-9(13)15/h1-3,6,14H,4-5H2,(H,16,17). The Balaban J connectivity index is 2.35. The van der Waals surface area contributed by atoms with E-state index in [9.17, 15) is 19.1 Å². The number of carboxylic acids is 1. The Morgan fingerprint density at radius 2 is 2.18 bits per heavy atom. The van der Waals surface area contributed by atoms with E-state index in [1.165, 1.54) is 12.1 Å². The van der Waals surface area contributed by atoms with E-state index in [0.717, 1.165) is 11.0 Å². The minimum absolute atomic E-state index is 0.122. The minimum atomic E-state index is -1.10. The average molecular weight is 239 g/mol. The number of amides is 1. The molecule has 0 aromatic heterocycles. The maximum Gasteiger partial charge on any atom is 0.308 e. The van der Waals surface area contributed by atoms with Crippen LogP contribution in [-0.4, -0.2) is 28.6 Å². The van der Waals surface area contributed by atoms with Crippen LogP contribution in [-0.2, 0) is 9.59 Å². The number of carbonyl (C=O) groups excluding carboxylic acids is 1. The molecule has 1 amide bonds. The van der Waals surface area contributed by atoms with E-state index in [1.807, 2.05) is 0 Å². The van der Waals surface area contributed by atoms with Crippen LogP contribution in [0.5, 0.6) is 5.75 Å². The fourth-order valence-corrected chi connectivity index (χ4v) is 1.86. The van der Waals surface area contributed by atoms with Crippen molar-refractivity contribution < 1.29 is 24.2 Å². The summed E-state index contributed by atoms with van der Waals surface area (Å²) in [6, 6.07) is 3.67. The molecule has 2 rings (SSSR count). The number of phenols is 1. The number of aromatic hydroxyl groups is 1. The van der Waals surface area contributed by atoms with Gasteiger partial charge in [0.2, 0.25) is 5.91 Å². The van der Waals surface area contributed by atoms with E-state index in [-0.39, 0.29) is 24.4 Å². The predicted octanol–water partition coefficient (Wildman–Crippen LogP) is 0.969. The van der Waals surface area contributed by atoms with Crippen molar-refractivity contribution in [3.05, 3.63) is 24.0 Å². The third-order valence-electron chi connectivity index (χ3n) is 2.71. The second kappa shape index (κ2) is 4.04. The highest BCUT2D eigenvalue weighted by atomic mass is 19.1. The first kappa shape index (κ1) is 11.4. The van der Waals surface area contributed by atoms with Crippen LogP contribution >= 0.6 is 0 Å². The van der Waals surface area contributed by atoms with E-state index >= 15 is 0 Å². The van der Waals surface area contributed by atoms with Crippen molar-refractivity contribution in [2.75, 3.05) is 11.4 Å². The maximum atomic E-state index is 13.5. The zero-order chi connectivity index (χ0) is 12.6. The Labute approximate surface area is 96.1 Å². The Morgan fingerprint density at radius 1 is 1.47 bits per heavy atom. The van der Waals surface area contributed by atoms with E-state index in [0.29, 0.717) is 0 Å². The third-order valence-corrected chi connectivity index (χ3v) is 2.71. The van der Waals surface area contributed by atoms with Gasteiger partial charge in [0.15, 0.2) is 5.82 Å². The van der Waals surface area contributed by atoms with Crippen molar-refractivity contribution >= 4 is 17.6 Å². The highest BCUT2D eigenvalue weighted by molar-refractivity contribution is 6.00. The van der Waals surface area contributed by atoms with Crippen LogP contribution in [0.1, 0.15) is 6.42 Å². The summed E-state index contributed by atoms with van der Waals surface area (Å²) in [5.41, 5.74) is -0.249. The van der Waals surface area contributed by atoms with Crippen LogP contribution in [0.3, 0.4) is 0 Å². The van der Waals surface area contributed by atoms with Gasteiger partial charge in [0.25, 0.3) is 0 Å². The summed E-state index contributed by atoms with van der Waals surface area (Å²) in [4.78, 5) is 23.3. The average Bonchev–Trinajstić information content (AvgIpc) is 2.61. The number of halogens is 1. The lowest BCUT2D eigenvalue weighted by molar-refractivity contribution is -0.141. The monoisotopic (exact) mass is 239 g/mol. The number of anilines is 1. The minimum Gasteiger partial charge on any atom is -0.506 e. The molecule has 0 saturated carbocycles. The lowest BCUT2D eigenvalue weighted by atomic mass is 10.1. The molecule has 5 nitrogen and oxygen atoms in total. The topological polar surface area (TPSA) is 77.8 Å².